The fourth-order valence-electron chi connectivity index (χ4n) is 7.28. The molecule has 8 heteroatoms. The van der Waals surface area contributed by atoms with Crippen LogP contribution in [-0.2, 0) is 0 Å². The normalized spacial score (nSPS) is 12.7. The number of nitrogens with one attached hydrogen (secondary N) is 2. The summed E-state index contributed by atoms with van der Waals surface area (Å²) in [6.45, 7) is 10.1. The molecule has 296 valence electrons. The highest BCUT2D eigenvalue weighted by atomic mass is 32.1. The van der Waals surface area contributed by atoms with E-state index in [0.29, 0.717) is 9.75 Å². The lowest BCUT2D eigenvalue weighted by atomic mass is 9.97. The highest BCUT2D eigenvalue weighted by Crippen LogP contribution is 2.45. The summed E-state index contributed by atoms with van der Waals surface area (Å²) < 4.78 is 11.9. The first-order valence-corrected chi connectivity index (χ1v) is 22.5. The fraction of sp³-hybridized carbons (Fsp3) is 0.489. The molecule has 2 aromatic heterocycles. The van der Waals surface area contributed by atoms with Crippen molar-refractivity contribution in [1.29, 1.82) is 0 Å². The van der Waals surface area contributed by atoms with Gasteiger partial charge < -0.3 is 20.1 Å². The summed E-state index contributed by atoms with van der Waals surface area (Å²) in [7, 11) is 0. The number of hydrogen-bond acceptors (Lipinski definition) is 6. The van der Waals surface area contributed by atoms with Gasteiger partial charge in [-0.15, -0.1) is 22.7 Å². The maximum Gasteiger partial charge on any atom is 0.265 e. The number of amides is 2. The first-order valence-electron chi connectivity index (χ1n) is 20.9. The van der Waals surface area contributed by atoms with E-state index in [1.807, 2.05) is 60.7 Å². The summed E-state index contributed by atoms with van der Waals surface area (Å²) >= 11 is 3.07. The summed E-state index contributed by atoms with van der Waals surface area (Å²) in [4.78, 5) is 30.4. The molecule has 6 nitrogen and oxygen atoms in total. The number of unbranched alkanes of at least 4 members (excludes halogenated alkanes) is 12. The van der Waals surface area contributed by atoms with Gasteiger partial charge in [-0.3, -0.25) is 9.59 Å². The minimum absolute atomic E-state index is 0.102. The molecule has 2 N–H and O–H groups in total. The maximum atomic E-state index is 13.4. The molecule has 0 saturated heterocycles. The zero-order valence-electron chi connectivity index (χ0n) is 33.7. The van der Waals surface area contributed by atoms with Crippen LogP contribution >= 0.6 is 22.7 Å². The lowest BCUT2D eigenvalue weighted by Crippen LogP contribution is -2.10. The van der Waals surface area contributed by atoms with Crippen molar-refractivity contribution >= 4 is 57.0 Å². The molecule has 2 aromatic carbocycles. The third-order valence-electron chi connectivity index (χ3n) is 10.4. The van der Waals surface area contributed by atoms with Crippen molar-refractivity contribution in [2.24, 2.45) is 0 Å². The molecule has 0 aliphatic heterocycles. The Kier molecular flexibility index (Phi) is 17.4. The average Bonchev–Trinajstić information content (AvgIpc) is 3.93. The topological polar surface area (TPSA) is 76.7 Å². The molecule has 55 heavy (non-hydrogen) atoms. The highest BCUT2D eigenvalue weighted by molar-refractivity contribution is 7.14. The highest BCUT2D eigenvalue weighted by Gasteiger charge is 2.25. The number of carbonyl (C=O) groups is 2. The zero-order valence-corrected chi connectivity index (χ0v) is 35.3. The second-order valence-electron chi connectivity index (χ2n) is 14.9. The van der Waals surface area contributed by atoms with E-state index in [1.54, 1.807) is 0 Å². The van der Waals surface area contributed by atoms with Gasteiger partial charge in [-0.1, -0.05) is 90.9 Å². The van der Waals surface area contributed by atoms with E-state index in [-0.39, 0.29) is 11.8 Å². The standard InChI is InChI=1S/C47H62N2O4S2/c1-5-7-9-11-13-15-17-30-52-38-26-22-36(23-27-38)48-46(50)44-32-42(34(3)54-44)40-20-19-21-41(40)43-33-45(55-35(43)4)47(51)49-37-24-28-39(29-25-37)53-31-18-16-14-12-10-8-6-2/h22-29,32-33H,5-21,30-31H2,1-4H3,(H,48,50)(H,49,51). The number of anilines is 2. The molecule has 0 saturated carbocycles. The molecule has 1 aliphatic rings. The Morgan fingerprint density at radius 3 is 1.29 bits per heavy atom. The van der Waals surface area contributed by atoms with E-state index in [2.05, 4.69) is 38.3 Å². The lowest BCUT2D eigenvalue weighted by Gasteiger charge is -2.08. The molecule has 4 aromatic rings. The van der Waals surface area contributed by atoms with Crippen LogP contribution in [0.15, 0.2) is 60.7 Å². The number of rotatable bonds is 24. The molecule has 0 unspecified atom stereocenters. The Morgan fingerprint density at radius 2 is 0.909 bits per heavy atom. The summed E-state index contributed by atoms with van der Waals surface area (Å²) in [5, 5.41) is 6.16. The summed E-state index contributed by atoms with van der Waals surface area (Å²) in [6, 6.07) is 19.5. The predicted octanol–water partition coefficient (Wildman–Crippen LogP) is 14.3. The van der Waals surface area contributed by atoms with Crippen LogP contribution in [0, 0.1) is 13.8 Å². The monoisotopic (exact) mass is 782 g/mol. The molecule has 0 bridgehead atoms. The van der Waals surface area contributed by atoms with Crippen LogP contribution in [0.4, 0.5) is 11.4 Å². The van der Waals surface area contributed by atoms with Gasteiger partial charge in [0.1, 0.15) is 11.5 Å². The van der Waals surface area contributed by atoms with E-state index in [0.717, 1.165) is 89.1 Å². The number of ether oxygens (including phenoxy) is 2. The van der Waals surface area contributed by atoms with Gasteiger partial charge in [-0.2, -0.15) is 0 Å². The van der Waals surface area contributed by atoms with Gasteiger partial charge in [0, 0.05) is 21.1 Å². The maximum absolute atomic E-state index is 13.4. The van der Waals surface area contributed by atoms with Gasteiger partial charge in [-0.25, -0.2) is 0 Å². The van der Waals surface area contributed by atoms with Crippen molar-refractivity contribution in [1.82, 2.24) is 0 Å². The molecule has 0 atom stereocenters. The molecule has 1 aliphatic carbocycles. The van der Waals surface area contributed by atoms with Crippen molar-refractivity contribution in [3.8, 4) is 11.5 Å². The van der Waals surface area contributed by atoms with Crippen molar-refractivity contribution in [3.63, 3.8) is 0 Å². The van der Waals surface area contributed by atoms with Crippen LogP contribution in [0.3, 0.4) is 0 Å². The SMILES string of the molecule is CCCCCCCCCOc1ccc(NC(=O)c2cc(C3=C(c4cc(C(=O)Nc5ccc(OCCCCCCCCC)cc5)sc4C)CCC3)c(C)s2)cc1. The predicted molar refractivity (Wildman–Crippen MR) is 235 cm³/mol. The molecular weight excluding hydrogens is 721 g/mol. The third-order valence-corrected chi connectivity index (χ3v) is 12.5. The summed E-state index contributed by atoms with van der Waals surface area (Å²) in [6.07, 6.45) is 20.6. The van der Waals surface area contributed by atoms with Crippen LogP contribution in [0.25, 0.3) is 11.1 Å². The molecule has 0 radical (unpaired) electrons. The fourth-order valence-corrected chi connectivity index (χ4v) is 9.16. The minimum atomic E-state index is -0.102. The molecule has 2 amide bonds. The van der Waals surface area contributed by atoms with Crippen LogP contribution in [0.1, 0.15) is 163 Å². The Balaban J connectivity index is 1.13. The molecular formula is C47H62N2O4S2. The van der Waals surface area contributed by atoms with Crippen molar-refractivity contribution in [2.45, 2.75) is 137 Å². The van der Waals surface area contributed by atoms with Crippen LogP contribution in [-0.4, -0.2) is 25.0 Å². The van der Waals surface area contributed by atoms with E-state index in [9.17, 15) is 9.59 Å². The lowest BCUT2D eigenvalue weighted by molar-refractivity contribution is 0.102. The van der Waals surface area contributed by atoms with E-state index in [1.165, 1.54) is 111 Å². The Labute approximate surface area is 338 Å². The number of carbonyl (C=O) groups excluding carboxylic acids is 2. The number of aryl methyl sites for hydroxylation is 2. The molecule has 0 spiro atoms. The summed E-state index contributed by atoms with van der Waals surface area (Å²) in [5.74, 6) is 1.46. The number of hydrogen-bond donors (Lipinski definition) is 2. The average molecular weight is 783 g/mol. The number of thiophene rings is 2. The van der Waals surface area contributed by atoms with E-state index >= 15 is 0 Å². The Morgan fingerprint density at radius 1 is 0.545 bits per heavy atom. The second-order valence-corrected chi connectivity index (χ2v) is 17.4. The van der Waals surface area contributed by atoms with Gasteiger partial charge in [0.05, 0.1) is 23.0 Å². The smallest absolute Gasteiger partial charge is 0.265 e. The number of benzene rings is 2. The van der Waals surface area contributed by atoms with Crippen LogP contribution < -0.4 is 20.1 Å². The van der Waals surface area contributed by atoms with Gasteiger partial charge in [0.25, 0.3) is 11.8 Å². The van der Waals surface area contributed by atoms with Crippen molar-refractivity contribution < 1.29 is 19.1 Å². The second kappa shape index (κ2) is 22.6. The van der Waals surface area contributed by atoms with Crippen LogP contribution in [0.2, 0.25) is 0 Å². The Hall–Kier alpha value is -3.88. The van der Waals surface area contributed by atoms with E-state index < -0.39 is 0 Å². The first kappa shape index (κ1) is 42.3. The molecule has 2 heterocycles. The van der Waals surface area contributed by atoms with Crippen molar-refractivity contribution in [2.75, 3.05) is 23.8 Å². The quantitative estimate of drug-likeness (QED) is 0.0694. The molecule has 0 fully saturated rings. The van der Waals surface area contributed by atoms with Gasteiger partial charge >= 0.3 is 0 Å². The van der Waals surface area contributed by atoms with E-state index in [4.69, 9.17) is 9.47 Å². The zero-order chi connectivity index (χ0) is 38.8. The van der Waals surface area contributed by atoms with Crippen molar-refractivity contribution in [3.05, 3.63) is 91.3 Å². The number of allylic oxidation sites excluding steroid dienone is 2. The first-order chi connectivity index (χ1) is 26.9. The minimum Gasteiger partial charge on any atom is -0.494 e. The van der Waals surface area contributed by atoms with Crippen LogP contribution in [0.5, 0.6) is 11.5 Å². The third kappa shape index (κ3) is 13.1. The molecule has 5 rings (SSSR count). The largest absolute Gasteiger partial charge is 0.494 e. The Bertz CT molecular complexity index is 1690. The van der Waals surface area contributed by atoms with Gasteiger partial charge in [0.15, 0.2) is 0 Å². The van der Waals surface area contributed by atoms with Gasteiger partial charge in [-0.05, 0) is 129 Å². The summed E-state index contributed by atoms with van der Waals surface area (Å²) in [5.41, 5.74) is 6.37. The van der Waals surface area contributed by atoms with Gasteiger partial charge in [0.2, 0.25) is 0 Å².